The zero-order chi connectivity index (χ0) is 17.2. The number of piperidine rings is 1. The molecule has 6 heteroatoms. The third-order valence-corrected chi connectivity index (χ3v) is 4.62. The second-order valence-corrected chi connectivity index (χ2v) is 6.84. The number of benzene rings is 1. The molecule has 0 radical (unpaired) electrons. The first-order chi connectivity index (χ1) is 12.2. The zero-order valence-electron chi connectivity index (χ0n) is 14.8. The van der Waals surface area contributed by atoms with E-state index in [1.807, 2.05) is 31.2 Å². The van der Waals surface area contributed by atoms with Crippen LogP contribution in [0.25, 0.3) is 0 Å². The molecule has 0 saturated carbocycles. The highest BCUT2D eigenvalue weighted by atomic mass is 16.6. The molecular formula is C19H24N4O2. The Labute approximate surface area is 148 Å². The van der Waals surface area contributed by atoms with Crippen LogP contribution in [-0.2, 0) is 0 Å². The molecule has 0 spiro atoms. The van der Waals surface area contributed by atoms with Crippen LogP contribution in [0.2, 0.25) is 0 Å². The van der Waals surface area contributed by atoms with E-state index in [0.717, 1.165) is 47.7 Å². The largest absolute Gasteiger partial charge is 0.486 e. The summed E-state index contributed by atoms with van der Waals surface area (Å²) in [6.45, 7) is 7.54. The average Bonchev–Trinajstić information content (AvgIpc) is 2.61. The van der Waals surface area contributed by atoms with Crippen LogP contribution >= 0.6 is 0 Å². The predicted molar refractivity (Wildman–Crippen MR) is 98.1 cm³/mol. The normalized spacial score (nSPS) is 19.6. The second-order valence-electron chi connectivity index (χ2n) is 6.84. The van der Waals surface area contributed by atoms with Crippen LogP contribution in [0.4, 0.5) is 17.3 Å². The number of rotatable bonds is 3. The number of anilines is 3. The van der Waals surface area contributed by atoms with E-state index in [2.05, 4.69) is 27.1 Å². The van der Waals surface area contributed by atoms with Gasteiger partial charge < -0.3 is 19.7 Å². The summed E-state index contributed by atoms with van der Waals surface area (Å²) in [6, 6.07) is 7.89. The average molecular weight is 340 g/mol. The zero-order valence-corrected chi connectivity index (χ0v) is 14.8. The lowest BCUT2D eigenvalue weighted by Crippen LogP contribution is -2.35. The number of nitrogens with one attached hydrogen (secondary N) is 1. The molecule has 3 heterocycles. The first kappa shape index (κ1) is 16.0. The molecule has 2 aliphatic rings. The Morgan fingerprint density at radius 1 is 1.12 bits per heavy atom. The van der Waals surface area contributed by atoms with Crippen molar-refractivity contribution in [1.29, 1.82) is 0 Å². The van der Waals surface area contributed by atoms with Crippen molar-refractivity contribution >= 4 is 17.3 Å². The maximum Gasteiger partial charge on any atom is 0.163 e. The standard InChI is InChI=1S/C19H24N4O2/c1-13-4-3-7-23(12-13)19-11-18(20-14(2)21-19)22-15-5-6-16-17(10-15)25-9-8-24-16/h5-6,10-11,13H,3-4,7-9,12H2,1-2H3,(H,20,21,22). The van der Waals surface area contributed by atoms with Crippen molar-refractivity contribution < 1.29 is 9.47 Å². The van der Waals surface area contributed by atoms with E-state index in [4.69, 9.17) is 9.47 Å². The molecule has 1 aromatic heterocycles. The van der Waals surface area contributed by atoms with E-state index >= 15 is 0 Å². The fourth-order valence-electron chi connectivity index (χ4n) is 3.44. The summed E-state index contributed by atoms with van der Waals surface area (Å²) in [5.74, 6) is 4.84. The van der Waals surface area contributed by atoms with E-state index in [9.17, 15) is 0 Å². The van der Waals surface area contributed by atoms with Gasteiger partial charge in [-0.3, -0.25) is 0 Å². The molecule has 1 saturated heterocycles. The molecule has 0 bridgehead atoms. The molecule has 1 N–H and O–H groups in total. The summed E-state index contributed by atoms with van der Waals surface area (Å²) in [5.41, 5.74) is 0.931. The smallest absolute Gasteiger partial charge is 0.163 e. The van der Waals surface area contributed by atoms with Crippen LogP contribution in [-0.4, -0.2) is 36.3 Å². The SMILES string of the molecule is Cc1nc(Nc2ccc3c(c2)OCCO3)cc(N2CCCC(C)C2)n1. The fraction of sp³-hybridized carbons (Fsp3) is 0.474. The van der Waals surface area contributed by atoms with Gasteiger partial charge in [0.05, 0.1) is 0 Å². The summed E-state index contributed by atoms with van der Waals surface area (Å²) in [6.07, 6.45) is 2.51. The Bertz CT molecular complexity index is 765. The Morgan fingerprint density at radius 3 is 2.80 bits per heavy atom. The molecule has 0 amide bonds. The summed E-state index contributed by atoms with van der Waals surface area (Å²) in [7, 11) is 0. The summed E-state index contributed by atoms with van der Waals surface area (Å²) in [5, 5.41) is 3.37. The molecule has 0 aliphatic carbocycles. The number of hydrogen-bond donors (Lipinski definition) is 1. The number of fused-ring (bicyclic) bond motifs is 1. The van der Waals surface area contributed by atoms with E-state index in [1.165, 1.54) is 12.8 Å². The molecular weight excluding hydrogens is 316 g/mol. The monoisotopic (exact) mass is 340 g/mol. The van der Waals surface area contributed by atoms with Crippen molar-refractivity contribution in [2.45, 2.75) is 26.7 Å². The summed E-state index contributed by atoms with van der Waals surface area (Å²) < 4.78 is 11.2. The van der Waals surface area contributed by atoms with Gasteiger partial charge in [0.15, 0.2) is 11.5 Å². The van der Waals surface area contributed by atoms with Crippen LogP contribution in [0.15, 0.2) is 24.3 Å². The number of aryl methyl sites for hydroxylation is 1. The molecule has 132 valence electrons. The van der Waals surface area contributed by atoms with E-state index in [0.29, 0.717) is 19.1 Å². The maximum atomic E-state index is 5.65. The number of nitrogens with zero attached hydrogens (tertiary/aromatic N) is 3. The van der Waals surface area contributed by atoms with Crippen LogP contribution in [0.1, 0.15) is 25.6 Å². The lowest BCUT2D eigenvalue weighted by molar-refractivity contribution is 0.171. The molecule has 2 aliphatic heterocycles. The van der Waals surface area contributed by atoms with Crippen molar-refractivity contribution in [3.05, 3.63) is 30.1 Å². The van der Waals surface area contributed by atoms with Gasteiger partial charge in [-0.25, -0.2) is 9.97 Å². The van der Waals surface area contributed by atoms with Gasteiger partial charge in [-0.05, 0) is 37.8 Å². The third-order valence-electron chi connectivity index (χ3n) is 4.62. The Kier molecular flexibility index (Phi) is 4.34. The van der Waals surface area contributed by atoms with Gasteiger partial charge in [0, 0.05) is 30.9 Å². The first-order valence-corrected chi connectivity index (χ1v) is 8.95. The Balaban J connectivity index is 1.56. The van der Waals surface area contributed by atoms with E-state index < -0.39 is 0 Å². The van der Waals surface area contributed by atoms with E-state index in [-0.39, 0.29) is 0 Å². The highest BCUT2D eigenvalue weighted by Gasteiger charge is 2.19. The third kappa shape index (κ3) is 3.62. The van der Waals surface area contributed by atoms with Gasteiger partial charge in [0.2, 0.25) is 0 Å². The second kappa shape index (κ2) is 6.78. The molecule has 2 aromatic rings. The van der Waals surface area contributed by atoms with Crippen molar-refractivity contribution in [2.75, 3.05) is 36.5 Å². The molecule has 25 heavy (non-hydrogen) atoms. The first-order valence-electron chi connectivity index (χ1n) is 8.95. The van der Waals surface area contributed by atoms with Crippen LogP contribution in [0, 0.1) is 12.8 Å². The minimum Gasteiger partial charge on any atom is -0.486 e. The van der Waals surface area contributed by atoms with Gasteiger partial charge in [0.25, 0.3) is 0 Å². The van der Waals surface area contributed by atoms with Crippen LogP contribution < -0.4 is 19.7 Å². The van der Waals surface area contributed by atoms with Gasteiger partial charge in [0.1, 0.15) is 30.7 Å². The van der Waals surface area contributed by atoms with Gasteiger partial charge >= 0.3 is 0 Å². The maximum absolute atomic E-state index is 5.65. The topological polar surface area (TPSA) is 59.5 Å². The molecule has 1 fully saturated rings. The molecule has 1 unspecified atom stereocenters. The molecule has 4 rings (SSSR count). The Morgan fingerprint density at radius 2 is 1.96 bits per heavy atom. The minimum absolute atomic E-state index is 0.584. The number of aromatic nitrogens is 2. The molecule has 1 aromatic carbocycles. The minimum atomic E-state index is 0.584. The highest BCUT2D eigenvalue weighted by Crippen LogP contribution is 2.33. The molecule has 6 nitrogen and oxygen atoms in total. The summed E-state index contributed by atoms with van der Waals surface area (Å²) in [4.78, 5) is 11.5. The fourth-order valence-corrected chi connectivity index (χ4v) is 3.44. The summed E-state index contributed by atoms with van der Waals surface area (Å²) >= 11 is 0. The highest BCUT2D eigenvalue weighted by molar-refractivity contribution is 5.63. The van der Waals surface area contributed by atoms with Crippen molar-refractivity contribution in [1.82, 2.24) is 9.97 Å². The Hall–Kier alpha value is -2.50. The van der Waals surface area contributed by atoms with Crippen molar-refractivity contribution in [3.63, 3.8) is 0 Å². The predicted octanol–water partition coefficient (Wildman–Crippen LogP) is 3.54. The van der Waals surface area contributed by atoms with Crippen molar-refractivity contribution in [2.24, 2.45) is 5.92 Å². The number of hydrogen-bond acceptors (Lipinski definition) is 6. The van der Waals surface area contributed by atoms with Crippen LogP contribution in [0.3, 0.4) is 0 Å². The molecule has 1 atom stereocenters. The van der Waals surface area contributed by atoms with Crippen LogP contribution in [0.5, 0.6) is 11.5 Å². The van der Waals surface area contributed by atoms with E-state index in [1.54, 1.807) is 0 Å². The van der Waals surface area contributed by atoms with Gasteiger partial charge in [-0.1, -0.05) is 6.92 Å². The lowest BCUT2D eigenvalue weighted by Gasteiger charge is -2.32. The number of ether oxygens (including phenoxy) is 2. The van der Waals surface area contributed by atoms with Gasteiger partial charge in [-0.2, -0.15) is 0 Å². The lowest BCUT2D eigenvalue weighted by atomic mass is 10.0. The van der Waals surface area contributed by atoms with Gasteiger partial charge in [-0.15, -0.1) is 0 Å². The quantitative estimate of drug-likeness (QED) is 0.922. The van der Waals surface area contributed by atoms with Crippen molar-refractivity contribution in [3.8, 4) is 11.5 Å².